The van der Waals surface area contributed by atoms with E-state index in [0.717, 1.165) is 21.4 Å². The highest BCUT2D eigenvalue weighted by atomic mass is 16.2. The third-order valence-electron chi connectivity index (χ3n) is 4.69. The Kier molecular flexibility index (Phi) is 4.73. The van der Waals surface area contributed by atoms with Gasteiger partial charge in [0.2, 0.25) is 5.91 Å². The second-order valence-corrected chi connectivity index (χ2v) is 7.00. The summed E-state index contributed by atoms with van der Waals surface area (Å²) in [7, 11) is 3.21. The summed E-state index contributed by atoms with van der Waals surface area (Å²) < 4.78 is 3.76. The molecule has 0 aliphatic carbocycles. The number of aromatic nitrogens is 4. The van der Waals surface area contributed by atoms with Crippen LogP contribution in [0.15, 0.2) is 34.1 Å². The molecule has 0 fully saturated rings. The van der Waals surface area contributed by atoms with Crippen LogP contribution in [0.2, 0.25) is 0 Å². The fourth-order valence-electron chi connectivity index (χ4n) is 3.20. The van der Waals surface area contributed by atoms with Gasteiger partial charge in [0.1, 0.15) is 6.54 Å². The quantitative estimate of drug-likeness (QED) is 0.755. The molecule has 0 aliphatic rings. The molecule has 0 saturated carbocycles. The number of nitrogens with one attached hydrogen (secondary N) is 1. The Bertz CT molecular complexity index is 1150. The average Bonchev–Trinajstić information content (AvgIpc) is 3.00. The first-order valence-corrected chi connectivity index (χ1v) is 8.72. The van der Waals surface area contributed by atoms with Crippen LogP contribution in [0.3, 0.4) is 0 Å². The van der Waals surface area contributed by atoms with Crippen LogP contribution in [-0.4, -0.2) is 24.6 Å². The van der Waals surface area contributed by atoms with Crippen molar-refractivity contribution in [2.45, 2.75) is 33.2 Å². The van der Waals surface area contributed by atoms with Crippen molar-refractivity contribution in [1.29, 1.82) is 0 Å². The number of fused-ring (bicyclic) bond motifs is 1. The van der Waals surface area contributed by atoms with E-state index in [1.165, 1.54) is 17.9 Å². The van der Waals surface area contributed by atoms with Crippen molar-refractivity contribution in [3.63, 3.8) is 0 Å². The number of amides is 1. The molecule has 142 valence electrons. The molecule has 0 atom stereocenters. The fourth-order valence-corrected chi connectivity index (χ4v) is 3.20. The van der Waals surface area contributed by atoms with Crippen LogP contribution in [0, 0.1) is 6.92 Å². The van der Waals surface area contributed by atoms with Crippen LogP contribution in [0.4, 0.5) is 5.69 Å². The van der Waals surface area contributed by atoms with E-state index in [-0.39, 0.29) is 18.0 Å². The van der Waals surface area contributed by atoms with Gasteiger partial charge < -0.3 is 9.88 Å². The maximum absolute atomic E-state index is 12.7. The van der Waals surface area contributed by atoms with E-state index in [1.54, 1.807) is 11.6 Å². The predicted molar refractivity (Wildman–Crippen MR) is 104 cm³/mol. The van der Waals surface area contributed by atoms with Crippen molar-refractivity contribution in [3.8, 4) is 0 Å². The van der Waals surface area contributed by atoms with Crippen LogP contribution in [0.25, 0.3) is 11.2 Å². The fraction of sp³-hybridized carbons (Fsp3) is 0.368. The number of rotatable bonds is 4. The SMILES string of the molecule is Cc1cccc(C(C)C)c1NC(=O)Cn1c(=O)c2c(ncn2C)n(C)c1=O. The molecule has 2 aromatic heterocycles. The molecule has 0 unspecified atom stereocenters. The number of hydrogen-bond acceptors (Lipinski definition) is 4. The second kappa shape index (κ2) is 6.86. The van der Waals surface area contributed by atoms with Crippen molar-refractivity contribution in [1.82, 2.24) is 18.7 Å². The van der Waals surface area contributed by atoms with Gasteiger partial charge in [-0.2, -0.15) is 0 Å². The van der Waals surface area contributed by atoms with Crippen LogP contribution in [0.1, 0.15) is 30.9 Å². The van der Waals surface area contributed by atoms with Crippen LogP contribution in [-0.2, 0) is 25.4 Å². The van der Waals surface area contributed by atoms with E-state index in [1.807, 2.05) is 39.0 Å². The molecule has 8 nitrogen and oxygen atoms in total. The molecule has 8 heteroatoms. The summed E-state index contributed by atoms with van der Waals surface area (Å²) in [4.78, 5) is 42.0. The van der Waals surface area contributed by atoms with E-state index >= 15 is 0 Å². The summed E-state index contributed by atoms with van der Waals surface area (Å²) in [6.07, 6.45) is 1.47. The number of para-hydroxylation sites is 1. The van der Waals surface area contributed by atoms with Gasteiger partial charge in [-0.05, 0) is 24.0 Å². The molecular formula is C19H23N5O3. The molecule has 3 rings (SSSR count). The Morgan fingerprint density at radius 2 is 1.93 bits per heavy atom. The highest BCUT2D eigenvalue weighted by Crippen LogP contribution is 2.27. The first-order chi connectivity index (χ1) is 12.7. The largest absolute Gasteiger partial charge is 0.332 e. The van der Waals surface area contributed by atoms with Crippen molar-refractivity contribution in [3.05, 3.63) is 56.5 Å². The van der Waals surface area contributed by atoms with Crippen molar-refractivity contribution < 1.29 is 4.79 Å². The highest BCUT2D eigenvalue weighted by molar-refractivity contribution is 5.92. The van der Waals surface area contributed by atoms with Gasteiger partial charge in [0.25, 0.3) is 5.56 Å². The molecule has 0 spiro atoms. The van der Waals surface area contributed by atoms with Gasteiger partial charge in [-0.15, -0.1) is 0 Å². The van der Waals surface area contributed by atoms with Crippen LogP contribution in [0.5, 0.6) is 0 Å². The molecule has 2 heterocycles. The van der Waals surface area contributed by atoms with E-state index in [9.17, 15) is 14.4 Å². The minimum absolute atomic E-state index is 0.224. The third kappa shape index (κ3) is 3.18. The van der Waals surface area contributed by atoms with Gasteiger partial charge in [-0.25, -0.2) is 14.3 Å². The lowest BCUT2D eigenvalue weighted by atomic mass is 9.98. The van der Waals surface area contributed by atoms with E-state index in [2.05, 4.69) is 10.3 Å². The molecule has 27 heavy (non-hydrogen) atoms. The summed E-state index contributed by atoms with van der Waals surface area (Å²) in [5.74, 6) is -0.200. The van der Waals surface area contributed by atoms with Gasteiger partial charge >= 0.3 is 5.69 Å². The number of carbonyl (C=O) groups excluding carboxylic acids is 1. The maximum atomic E-state index is 12.7. The van der Waals surface area contributed by atoms with Gasteiger partial charge in [-0.3, -0.25) is 14.2 Å². The molecule has 0 bridgehead atoms. The molecule has 0 saturated heterocycles. The van der Waals surface area contributed by atoms with E-state index < -0.39 is 17.2 Å². The molecule has 0 aliphatic heterocycles. The van der Waals surface area contributed by atoms with Crippen LogP contribution < -0.4 is 16.6 Å². The lowest BCUT2D eigenvalue weighted by Crippen LogP contribution is -2.42. The second-order valence-electron chi connectivity index (χ2n) is 7.00. The van der Waals surface area contributed by atoms with E-state index in [4.69, 9.17) is 0 Å². The van der Waals surface area contributed by atoms with Crippen molar-refractivity contribution >= 4 is 22.8 Å². The summed E-state index contributed by atoms with van der Waals surface area (Å²) in [6.45, 7) is 5.63. The average molecular weight is 369 g/mol. The summed E-state index contributed by atoms with van der Waals surface area (Å²) >= 11 is 0. The standard InChI is InChI=1S/C19H23N5O3/c1-11(2)13-8-6-7-12(3)15(13)21-14(25)9-24-18(26)16-17(20-10-22(16)4)23(5)19(24)27/h6-8,10-11H,9H2,1-5H3,(H,21,25). The maximum Gasteiger partial charge on any atom is 0.332 e. The predicted octanol–water partition coefficient (Wildman–Crippen LogP) is 1.50. The van der Waals surface area contributed by atoms with Crippen LogP contribution >= 0.6 is 0 Å². The smallest absolute Gasteiger partial charge is 0.328 e. The van der Waals surface area contributed by atoms with E-state index in [0.29, 0.717) is 5.65 Å². The third-order valence-corrected chi connectivity index (χ3v) is 4.69. The van der Waals surface area contributed by atoms with Crippen molar-refractivity contribution in [2.75, 3.05) is 5.32 Å². The minimum atomic E-state index is -0.574. The topological polar surface area (TPSA) is 90.9 Å². The lowest BCUT2D eigenvalue weighted by Gasteiger charge is -2.17. The number of imidazole rings is 1. The van der Waals surface area contributed by atoms with Gasteiger partial charge in [0, 0.05) is 19.8 Å². The van der Waals surface area contributed by atoms with Crippen molar-refractivity contribution in [2.24, 2.45) is 14.1 Å². The number of hydrogen-bond donors (Lipinski definition) is 1. The molecule has 1 amide bonds. The summed E-state index contributed by atoms with van der Waals surface area (Å²) in [5.41, 5.74) is 2.13. The summed E-state index contributed by atoms with van der Waals surface area (Å²) in [6, 6.07) is 5.81. The lowest BCUT2D eigenvalue weighted by molar-refractivity contribution is -0.116. The Balaban J connectivity index is 2.00. The number of aryl methyl sites for hydroxylation is 3. The Morgan fingerprint density at radius 1 is 1.22 bits per heavy atom. The summed E-state index contributed by atoms with van der Waals surface area (Å²) in [5, 5.41) is 2.87. The normalized spacial score (nSPS) is 11.3. The molecule has 1 N–H and O–H groups in total. The minimum Gasteiger partial charge on any atom is -0.328 e. The van der Waals surface area contributed by atoms with Gasteiger partial charge in [0.05, 0.1) is 6.33 Å². The molecular weight excluding hydrogens is 346 g/mol. The Morgan fingerprint density at radius 3 is 2.59 bits per heavy atom. The first-order valence-electron chi connectivity index (χ1n) is 8.72. The number of carbonyl (C=O) groups is 1. The highest BCUT2D eigenvalue weighted by Gasteiger charge is 2.18. The molecule has 1 aromatic carbocycles. The Hall–Kier alpha value is -3.16. The monoisotopic (exact) mass is 369 g/mol. The zero-order chi connectivity index (χ0) is 19.9. The first kappa shape index (κ1) is 18.6. The number of nitrogens with zero attached hydrogens (tertiary/aromatic N) is 4. The number of anilines is 1. The van der Waals surface area contributed by atoms with Gasteiger partial charge in [-0.1, -0.05) is 32.0 Å². The van der Waals surface area contributed by atoms with Gasteiger partial charge in [0.15, 0.2) is 11.2 Å². The Labute approximate surface area is 156 Å². The zero-order valence-corrected chi connectivity index (χ0v) is 16.1. The zero-order valence-electron chi connectivity index (χ0n) is 16.1. The molecule has 3 aromatic rings. The molecule has 0 radical (unpaired) electrons. The number of benzene rings is 1.